The van der Waals surface area contributed by atoms with Gasteiger partial charge >= 0.3 is 6.18 Å². The number of rotatable bonds is 6. The van der Waals surface area contributed by atoms with Crippen molar-refractivity contribution in [3.8, 4) is 11.4 Å². The quantitative estimate of drug-likeness (QED) is 0.233. The summed E-state index contributed by atoms with van der Waals surface area (Å²) in [7, 11) is 1.51. The number of benzene rings is 2. The molecule has 2 atom stereocenters. The Balaban J connectivity index is 1.62. The van der Waals surface area contributed by atoms with Crippen LogP contribution in [-0.2, 0) is 11.0 Å². The van der Waals surface area contributed by atoms with E-state index in [-0.39, 0.29) is 5.91 Å². The largest absolute Gasteiger partial charge is 0.494 e. The zero-order valence-electron chi connectivity index (χ0n) is 23.4. The van der Waals surface area contributed by atoms with Gasteiger partial charge in [-0.1, -0.05) is 32.9 Å². The summed E-state index contributed by atoms with van der Waals surface area (Å²) < 4.78 is 48.1. The molecule has 218 valence electrons. The van der Waals surface area contributed by atoms with Crippen LogP contribution in [0.15, 0.2) is 85.2 Å². The van der Waals surface area contributed by atoms with Crippen LogP contribution in [0, 0.1) is 5.41 Å². The van der Waals surface area contributed by atoms with Crippen LogP contribution in [0.2, 0.25) is 0 Å². The Hall–Kier alpha value is -4.38. The number of hydrogen-bond donors (Lipinski definition) is 2. The Labute approximate surface area is 247 Å². The molecule has 0 bridgehead atoms. The number of alkyl halides is 3. The molecule has 0 aliphatic carbocycles. The zero-order chi connectivity index (χ0) is 30.2. The predicted molar refractivity (Wildman–Crippen MR) is 160 cm³/mol. The van der Waals surface area contributed by atoms with Crippen LogP contribution < -0.4 is 20.3 Å². The van der Waals surface area contributed by atoms with Gasteiger partial charge in [-0.05, 0) is 66.8 Å². The maximum absolute atomic E-state index is 13.6. The van der Waals surface area contributed by atoms with E-state index < -0.39 is 29.2 Å². The van der Waals surface area contributed by atoms with Crippen molar-refractivity contribution in [3.63, 3.8) is 0 Å². The summed E-state index contributed by atoms with van der Waals surface area (Å²) in [6.45, 7) is 5.46. The molecule has 7 nitrogen and oxygen atoms in total. The smallest absolute Gasteiger partial charge is 0.416 e. The molecule has 42 heavy (non-hydrogen) atoms. The van der Waals surface area contributed by atoms with Gasteiger partial charge in [0.25, 0.3) is 0 Å². The van der Waals surface area contributed by atoms with E-state index in [1.165, 1.54) is 13.2 Å². The number of ether oxygens (including phenoxy) is 1. The van der Waals surface area contributed by atoms with E-state index in [2.05, 4.69) is 15.6 Å². The molecule has 0 spiro atoms. The van der Waals surface area contributed by atoms with Crippen molar-refractivity contribution in [2.24, 2.45) is 5.41 Å². The van der Waals surface area contributed by atoms with Gasteiger partial charge < -0.3 is 24.8 Å². The lowest BCUT2D eigenvalue weighted by Gasteiger charge is -2.29. The monoisotopic (exact) mass is 593 g/mol. The SMILES string of the molecule is COc1cc(N2C(=S)N[C@H](c3ccccn3)[C@@H]2c2cccn2-c2cccc(C(F)(F)F)c2)ccc1NC(=O)C(C)(C)C. The molecular weight excluding hydrogens is 563 g/mol. The summed E-state index contributed by atoms with van der Waals surface area (Å²) in [5.41, 5.74) is 1.59. The lowest BCUT2D eigenvalue weighted by molar-refractivity contribution is -0.137. The first kappa shape index (κ1) is 29.1. The molecule has 1 aliphatic heterocycles. The van der Waals surface area contributed by atoms with Crippen LogP contribution in [0.25, 0.3) is 5.69 Å². The molecular formula is C31H30F3N5O2S. The van der Waals surface area contributed by atoms with Gasteiger partial charge in [0.15, 0.2) is 5.11 Å². The van der Waals surface area contributed by atoms with Crippen molar-refractivity contribution in [3.05, 3.63) is 102 Å². The van der Waals surface area contributed by atoms with E-state index >= 15 is 0 Å². The molecule has 3 heterocycles. The van der Waals surface area contributed by atoms with Crippen LogP contribution in [-0.4, -0.2) is 27.7 Å². The normalized spacial score (nSPS) is 17.2. The van der Waals surface area contributed by atoms with Gasteiger partial charge in [-0.15, -0.1) is 0 Å². The number of anilines is 2. The van der Waals surface area contributed by atoms with Gasteiger partial charge in [-0.25, -0.2) is 0 Å². The first-order valence-corrected chi connectivity index (χ1v) is 13.6. The van der Waals surface area contributed by atoms with E-state index in [4.69, 9.17) is 17.0 Å². The molecule has 2 aromatic heterocycles. The number of thiocarbonyl (C=S) groups is 1. The van der Waals surface area contributed by atoms with Gasteiger partial charge in [0.1, 0.15) is 11.8 Å². The third kappa shape index (κ3) is 5.69. The number of amides is 1. The average Bonchev–Trinajstić information content (AvgIpc) is 3.57. The van der Waals surface area contributed by atoms with Gasteiger partial charge in [0, 0.05) is 40.9 Å². The maximum atomic E-state index is 13.6. The number of methoxy groups -OCH3 is 1. The van der Waals surface area contributed by atoms with E-state index in [0.29, 0.717) is 39.3 Å². The Bertz CT molecular complexity index is 1610. The van der Waals surface area contributed by atoms with Crippen LogP contribution in [0.3, 0.4) is 0 Å². The van der Waals surface area contributed by atoms with Gasteiger partial charge in [-0.2, -0.15) is 13.2 Å². The highest BCUT2D eigenvalue weighted by atomic mass is 32.1. The summed E-state index contributed by atoms with van der Waals surface area (Å²) in [4.78, 5) is 19.1. The van der Waals surface area contributed by atoms with Crippen molar-refractivity contribution in [2.45, 2.75) is 39.0 Å². The van der Waals surface area contributed by atoms with Crippen LogP contribution in [0.4, 0.5) is 24.5 Å². The van der Waals surface area contributed by atoms with Crippen LogP contribution in [0.5, 0.6) is 5.75 Å². The van der Waals surface area contributed by atoms with E-state index in [9.17, 15) is 18.0 Å². The topological polar surface area (TPSA) is 71.4 Å². The molecule has 0 saturated carbocycles. The second-order valence-electron chi connectivity index (χ2n) is 10.9. The number of carbonyl (C=O) groups excluding carboxylic acids is 1. The molecule has 0 unspecified atom stereocenters. The van der Waals surface area contributed by atoms with Crippen molar-refractivity contribution >= 4 is 34.6 Å². The first-order valence-electron chi connectivity index (χ1n) is 13.2. The number of hydrogen-bond acceptors (Lipinski definition) is 4. The number of carbonyl (C=O) groups is 1. The number of pyridine rings is 1. The molecule has 5 rings (SSSR count). The summed E-state index contributed by atoms with van der Waals surface area (Å²) >= 11 is 5.83. The summed E-state index contributed by atoms with van der Waals surface area (Å²) in [5, 5.41) is 6.69. The molecule has 1 amide bonds. The van der Waals surface area contributed by atoms with Gasteiger partial charge in [0.05, 0.1) is 30.1 Å². The minimum atomic E-state index is -4.48. The first-order chi connectivity index (χ1) is 19.9. The van der Waals surface area contributed by atoms with E-state index in [1.54, 1.807) is 41.2 Å². The van der Waals surface area contributed by atoms with E-state index in [1.807, 2.05) is 56.0 Å². The summed E-state index contributed by atoms with van der Waals surface area (Å²) in [6.07, 6.45) is -1.07. The summed E-state index contributed by atoms with van der Waals surface area (Å²) in [6, 6.07) is 18.8. The van der Waals surface area contributed by atoms with Crippen molar-refractivity contribution < 1.29 is 22.7 Å². The average molecular weight is 594 g/mol. The predicted octanol–water partition coefficient (Wildman–Crippen LogP) is 7.06. The molecule has 11 heteroatoms. The fourth-order valence-electron chi connectivity index (χ4n) is 4.88. The molecule has 4 aromatic rings. The molecule has 0 radical (unpaired) electrons. The summed E-state index contributed by atoms with van der Waals surface area (Å²) in [5.74, 6) is 0.264. The third-order valence-corrected chi connectivity index (χ3v) is 7.34. The second-order valence-corrected chi connectivity index (χ2v) is 11.3. The lowest BCUT2D eigenvalue weighted by Crippen LogP contribution is -2.30. The lowest BCUT2D eigenvalue weighted by atomic mass is 9.95. The molecule has 2 N–H and O–H groups in total. The fourth-order valence-corrected chi connectivity index (χ4v) is 5.22. The maximum Gasteiger partial charge on any atom is 0.416 e. The van der Waals surface area contributed by atoms with Gasteiger partial charge in [-0.3, -0.25) is 9.78 Å². The van der Waals surface area contributed by atoms with Crippen molar-refractivity contribution in [1.82, 2.24) is 14.9 Å². The number of nitrogens with zero attached hydrogens (tertiary/aromatic N) is 3. The second kappa shape index (κ2) is 11.1. The van der Waals surface area contributed by atoms with E-state index in [0.717, 1.165) is 12.1 Å². The Kier molecular flexibility index (Phi) is 7.72. The molecule has 2 aromatic carbocycles. The molecule has 1 saturated heterocycles. The minimum Gasteiger partial charge on any atom is -0.494 e. The highest BCUT2D eigenvalue weighted by Gasteiger charge is 2.42. The highest BCUT2D eigenvalue weighted by Crippen LogP contribution is 2.44. The number of nitrogens with one attached hydrogen (secondary N) is 2. The van der Waals surface area contributed by atoms with Crippen molar-refractivity contribution in [2.75, 3.05) is 17.3 Å². The standard InChI is InChI=1S/C31H30F3N5O2S/c1-30(2,3)28(40)36-22-14-13-21(18-25(22)41-4)39-27(26(37-29(39)42)23-11-5-6-15-35-23)24-12-8-16-38(24)20-10-7-9-19(17-20)31(32,33)34/h5-18,26-27H,1-4H3,(H,36,40)(H,37,42)/t26-,27+/m1/s1. The Morgan fingerprint density at radius 1 is 1.00 bits per heavy atom. The number of halogens is 3. The minimum absolute atomic E-state index is 0.168. The van der Waals surface area contributed by atoms with Crippen LogP contribution >= 0.6 is 12.2 Å². The third-order valence-electron chi connectivity index (χ3n) is 7.03. The zero-order valence-corrected chi connectivity index (χ0v) is 24.3. The number of aromatic nitrogens is 2. The Morgan fingerprint density at radius 2 is 1.79 bits per heavy atom. The molecule has 1 aliphatic rings. The molecule has 1 fully saturated rings. The fraction of sp³-hybridized carbons (Fsp3) is 0.258. The van der Waals surface area contributed by atoms with Crippen LogP contribution in [0.1, 0.15) is 49.8 Å². The van der Waals surface area contributed by atoms with Gasteiger partial charge in [0.2, 0.25) is 5.91 Å². The Morgan fingerprint density at radius 3 is 2.45 bits per heavy atom. The highest BCUT2D eigenvalue weighted by molar-refractivity contribution is 7.80. The van der Waals surface area contributed by atoms with Crippen molar-refractivity contribution in [1.29, 1.82) is 0 Å².